The monoisotopic (exact) mass is 381 g/mol. The van der Waals surface area contributed by atoms with Gasteiger partial charge in [-0.3, -0.25) is 4.79 Å². The fraction of sp³-hybridized carbons (Fsp3) is 0.444. The van der Waals surface area contributed by atoms with E-state index in [-0.39, 0.29) is 11.9 Å². The quantitative estimate of drug-likeness (QED) is 0.739. The molecular formula is C18H24ClN3O2S. The number of amides is 1. The number of carbonyl (C=O) groups excluding carboxylic acids is 1. The van der Waals surface area contributed by atoms with Crippen LogP contribution in [0.5, 0.6) is 5.75 Å². The highest BCUT2D eigenvalue weighted by Crippen LogP contribution is 2.33. The minimum atomic E-state index is -0.352. The van der Waals surface area contributed by atoms with Crippen LogP contribution in [0.2, 0.25) is 5.02 Å². The molecule has 5 nitrogen and oxygen atoms in total. The van der Waals surface area contributed by atoms with E-state index in [1.54, 1.807) is 4.90 Å². The zero-order chi connectivity index (χ0) is 18.6. The maximum Gasteiger partial charge on any atom is 0.253 e. The van der Waals surface area contributed by atoms with Gasteiger partial charge in [0.1, 0.15) is 5.75 Å². The predicted molar refractivity (Wildman–Crippen MR) is 105 cm³/mol. The van der Waals surface area contributed by atoms with Gasteiger partial charge in [-0.25, -0.2) is 0 Å². The molecule has 7 heteroatoms. The van der Waals surface area contributed by atoms with Crippen molar-refractivity contribution in [3.8, 4) is 5.75 Å². The van der Waals surface area contributed by atoms with Crippen molar-refractivity contribution in [1.29, 1.82) is 0 Å². The van der Waals surface area contributed by atoms with E-state index in [1.165, 1.54) is 0 Å². The van der Waals surface area contributed by atoms with Crippen molar-refractivity contribution in [3.05, 3.63) is 40.1 Å². The van der Waals surface area contributed by atoms with Crippen LogP contribution in [0.1, 0.15) is 39.3 Å². The standard InChI is InChI=1S/C18H24ClN3O2S/c1-5-22(6-2)17(23)15-11(4)20-18(25)21-16(15)12-8-9-14(24-7-3)13(19)10-12/h8-10,16H,5-7H2,1-4H3,(H2,20,21,25)/t16-/m0/s1. The highest BCUT2D eigenvalue weighted by molar-refractivity contribution is 7.80. The molecule has 136 valence electrons. The fourth-order valence-corrected chi connectivity index (χ4v) is 3.39. The molecule has 2 N–H and O–H groups in total. The molecule has 0 bridgehead atoms. The van der Waals surface area contributed by atoms with E-state index in [9.17, 15) is 4.79 Å². The number of nitrogens with zero attached hydrogens (tertiary/aromatic N) is 1. The smallest absolute Gasteiger partial charge is 0.253 e. The Balaban J connectivity index is 2.45. The highest BCUT2D eigenvalue weighted by Gasteiger charge is 2.32. The number of likely N-dealkylation sites (N-methyl/N-ethyl adjacent to an activating group) is 1. The number of benzene rings is 1. The lowest BCUT2D eigenvalue weighted by Gasteiger charge is -2.33. The molecule has 0 aliphatic carbocycles. The first-order valence-corrected chi connectivity index (χ1v) is 9.21. The molecule has 1 aliphatic heterocycles. The number of hydrogen-bond acceptors (Lipinski definition) is 3. The number of rotatable bonds is 6. The van der Waals surface area contributed by atoms with E-state index in [0.29, 0.717) is 41.2 Å². The third-order valence-corrected chi connectivity index (χ3v) is 4.65. The molecule has 25 heavy (non-hydrogen) atoms. The van der Waals surface area contributed by atoms with E-state index in [1.807, 2.05) is 45.9 Å². The fourth-order valence-electron chi connectivity index (χ4n) is 2.88. The van der Waals surface area contributed by atoms with Crippen molar-refractivity contribution >= 4 is 34.8 Å². The van der Waals surface area contributed by atoms with Crippen LogP contribution < -0.4 is 15.4 Å². The SMILES string of the molecule is CCOc1ccc([C@@H]2NC(=S)NC(C)=C2C(=O)N(CC)CC)cc1Cl. The summed E-state index contributed by atoms with van der Waals surface area (Å²) in [6.07, 6.45) is 0. The van der Waals surface area contributed by atoms with Gasteiger partial charge in [-0.05, 0) is 57.6 Å². The Hall–Kier alpha value is -1.79. The van der Waals surface area contributed by atoms with E-state index in [4.69, 9.17) is 28.6 Å². The second-order valence-electron chi connectivity index (χ2n) is 5.67. The van der Waals surface area contributed by atoms with Gasteiger partial charge in [0.05, 0.1) is 23.2 Å². The molecule has 1 aliphatic rings. The Labute approximate surface area is 159 Å². The molecule has 0 saturated heterocycles. The normalized spacial score (nSPS) is 17.0. The van der Waals surface area contributed by atoms with Crippen LogP contribution in [0.3, 0.4) is 0 Å². The Morgan fingerprint density at radius 2 is 2.00 bits per heavy atom. The van der Waals surface area contributed by atoms with Gasteiger partial charge < -0.3 is 20.3 Å². The first kappa shape index (κ1) is 19.5. The summed E-state index contributed by atoms with van der Waals surface area (Å²) < 4.78 is 5.49. The van der Waals surface area contributed by atoms with Crippen molar-refractivity contribution in [2.75, 3.05) is 19.7 Å². The van der Waals surface area contributed by atoms with Gasteiger partial charge in [-0.2, -0.15) is 0 Å². The van der Waals surface area contributed by atoms with Gasteiger partial charge in [-0.15, -0.1) is 0 Å². The lowest BCUT2D eigenvalue weighted by molar-refractivity contribution is -0.127. The van der Waals surface area contributed by atoms with Gasteiger partial charge >= 0.3 is 0 Å². The molecule has 1 aromatic rings. The Morgan fingerprint density at radius 1 is 1.32 bits per heavy atom. The van der Waals surface area contributed by atoms with E-state index < -0.39 is 0 Å². The number of halogens is 1. The van der Waals surface area contributed by atoms with Crippen LogP contribution in [0.4, 0.5) is 0 Å². The zero-order valence-corrected chi connectivity index (χ0v) is 16.6. The topological polar surface area (TPSA) is 53.6 Å². The number of allylic oxidation sites excluding steroid dienone is 1. The average molecular weight is 382 g/mol. The molecule has 1 heterocycles. The van der Waals surface area contributed by atoms with Crippen LogP contribution in [-0.4, -0.2) is 35.6 Å². The van der Waals surface area contributed by atoms with Crippen LogP contribution in [0.25, 0.3) is 0 Å². The van der Waals surface area contributed by atoms with Crippen molar-refractivity contribution in [1.82, 2.24) is 15.5 Å². The Kier molecular flexibility index (Phi) is 6.67. The average Bonchev–Trinajstić information content (AvgIpc) is 2.57. The second kappa shape index (κ2) is 8.54. The number of thiocarbonyl (C=S) groups is 1. The zero-order valence-electron chi connectivity index (χ0n) is 15.0. The lowest BCUT2D eigenvalue weighted by Crippen LogP contribution is -2.47. The van der Waals surface area contributed by atoms with Crippen LogP contribution in [0.15, 0.2) is 29.5 Å². The maximum absolute atomic E-state index is 13.0. The number of hydrogen-bond donors (Lipinski definition) is 2. The molecule has 0 fully saturated rings. The molecule has 1 aromatic carbocycles. The minimum absolute atomic E-state index is 0.0139. The van der Waals surface area contributed by atoms with Crippen molar-refractivity contribution in [2.24, 2.45) is 0 Å². The van der Waals surface area contributed by atoms with E-state index in [2.05, 4.69) is 10.6 Å². The summed E-state index contributed by atoms with van der Waals surface area (Å²) in [5.74, 6) is 0.613. The number of carbonyl (C=O) groups is 1. The van der Waals surface area contributed by atoms with E-state index in [0.717, 1.165) is 11.3 Å². The van der Waals surface area contributed by atoms with Crippen molar-refractivity contribution < 1.29 is 9.53 Å². The van der Waals surface area contributed by atoms with Crippen molar-refractivity contribution in [3.63, 3.8) is 0 Å². The molecule has 0 saturated carbocycles. The molecule has 0 radical (unpaired) electrons. The molecular weight excluding hydrogens is 358 g/mol. The van der Waals surface area contributed by atoms with Crippen LogP contribution >= 0.6 is 23.8 Å². The van der Waals surface area contributed by atoms with E-state index >= 15 is 0 Å². The Bertz CT molecular complexity index is 702. The second-order valence-corrected chi connectivity index (χ2v) is 6.49. The maximum atomic E-state index is 13.0. The summed E-state index contributed by atoms with van der Waals surface area (Å²) in [4.78, 5) is 14.8. The first-order chi connectivity index (χ1) is 11.9. The molecule has 2 rings (SSSR count). The summed E-state index contributed by atoms with van der Waals surface area (Å²) in [7, 11) is 0. The molecule has 0 aromatic heterocycles. The van der Waals surface area contributed by atoms with Gasteiger partial charge in [0.2, 0.25) is 0 Å². The lowest BCUT2D eigenvalue weighted by atomic mass is 9.94. The minimum Gasteiger partial charge on any atom is -0.492 e. The van der Waals surface area contributed by atoms with Crippen LogP contribution in [0, 0.1) is 0 Å². The first-order valence-electron chi connectivity index (χ1n) is 8.42. The Morgan fingerprint density at radius 3 is 2.56 bits per heavy atom. The van der Waals surface area contributed by atoms with Gasteiger partial charge in [0.15, 0.2) is 5.11 Å². The summed E-state index contributed by atoms with van der Waals surface area (Å²) in [5, 5.41) is 7.25. The molecule has 1 amide bonds. The number of ether oxygens (including phenoxy) is 1. The third-order valence-electron chi connectivity index (χ3n) is 4.14. The molecule has 0 spiro atoms. The third kappa shape index (κ3) is 4.25. The summed E-state index contributed by atoms with van der Waals surface area (Å²) >= 11 is 11.6. The predicted octanol–water partition coefficient (Wildman–Crippen LogP) is 3.40. The molecule has 0 unspecified atom stereocenters. The summed E-state index contributed by atoms with van der Waals surface area (Å²) in [5.41, 5.74) is 2.28. The highest BCUT2D eigenvalue weighted by atomic mass is 35.5. The molecule has 1 atom stereocenters. The van der Waals surface area contributed by atoms with Crippen molar-refractivity contribution in [2.45, 2.75) is 33.7 Å². The van der Waals surface area contributed by atoms with Gasteiger partial charge in [-0.1, -0.05) is 17.7 Å². The largest absolute Gasteiger partial charge is 0.492 e. The van der Waals surface area contributed by atoms with Crippen LogP contribution in [-0.2, 0) is 4.79 Å². The van der Waals surface area contributed by atoms with Gasteiger partial charge in [0.25, 0.3) is 5.91 Å². The summed E-state index contributed by atoms with van der Waals surface area (Å²) in [6, 6.07) is 5.20. The summed E-state index contributed by atoms with van der Waals surface area (Å²) in [6.45, 7) is 9.54. The number of nitrogens with one attached hydrogen (secondary N) is 2. The van der Waals surface area contributed by atoms with Gasteiger partial charge in [0, 0.05) is 18.8 Å².